The number of likely N-dealkylation sites (tertiary alicyclic amines) is 1. The number of nitrogens with one attached hydrogen (secondary N) is 1. The first-order valence-electron chi connectivity index (χ1n) is 26.9. The maximum atomic E-state index is 13.3. The number of nitrogens with two attached hydrogens (primary N) is 2. The molecule has 77 heavy (non-hydrogen) atoms. The van der Waals surface area contributed by atoms with Crippen molar-refractivity contribution < 1.29 is 38.5 Å². The van der Waals surface area contributed by atoms with Crippen LogP contribution in [0.1, 0.15) is 121 Å². The zero-order valence-corrected chi connectivity index (χ0v) is 48.1. The molecular weight excluding hydrogens is 1020 g/mol. The number of aromatic nitrogens is 1. The van der Waals surface area contributed by atoms with E-state index in [1.807, 2.05) is 38.4 Å². The first-order chi connectivity index (χ1) is 36.4. The second-order valence-corrected chi connectivity index (χ2v) is 24.4. The van der Waals surface area contributed by atoms with Gasteiger partial charge in [-0.2, -0.15) is 5.26 Å². The number of ether oxygens (including phenoxy) is 3. The molecule has 0 spiro atoms. The number of β-amino-alcohol motifs (C(OH)–C–C–N with tert-alkyl or cyclic N) is 1. The van der Waals surface area contributed by atoms with E-state index < -0.39 is 24.0 Å². The van der Waals surface area contributed by atoms with Crippen LogP contribution in [0.4, 0.5) is 0 Å². The number of aliphatic hydroxyl groups is 1. The average molecular weight is 1100 g/mol. The lowest BCUT2D eigenvalue weighted by atomic mass is 9.49. The zero-order valence-electron chi connectivity index (χ0n) is 46.5. The third kappa shape index (κ3) is 16.2. The minimum atomic E-state index is -0.648. The van der Waals surface area contributed by atoms with Crippen LogP contribution in [-0.2, 0) is 25.5 Å². The first-order valence-corrected chi connectivity index (χ1v) is 28.2. The molecule has 4 atom stereocenters. The van der Waals surface area contributed by atoms with Crippen LogP contribution in [0.25, 0.3) is 10.4 Å². The van der Waals surface area contributed by atoms with E-state index in [-0.39, 0.29) is 65.9 Å². The Labute approximate surface area is 464 Å². The van der Waals surface area contributed by atoms with Gasteiger partial charge in [0.2, 0.25) is 17.7 Å². The Hall–Kier alpha value is -5.61. The van der Waals surface area contributed by atoms with Gasteiger partial charge in [-0.1, -0.05) is 104 Å². The molecule has 16 nitrogen and oxygen atoms in total. The highest BCUT2D eigenvalue weighted by Gasteiger charge is 2.64. The summed E-state index contributed by atoms with van der Waals surface area (Å²) in [6, 6.07) is 22.8. The predicted octanol–water partition coefficient (Wildman–Crippen LogP) is 8.18. The van der Waals surface area contributed by atoms with Gasteiger partial charge in [0, 0.05) is 86.7 Å². The number of benzene rings is 3. The molecule has 3 heterocycles. The average Bonchev–Trinajstić information content (AvgIpc) is 4.05. The Morgan fingerprint density at radius 2 is 1.58 bits per heavy atom. The molecule has 4 amide bonds. The van der Waals surface area contributed by atoms with Gasteiger partial charge in [-0.25, -0.2) is 4.98 Å². The second-order valence-electron chi connectivity index (χ2n) is 23.1. The van der Waals surface area contributed by atoms with Crippen LogP contribution >= 0.6 is 22.9 Å². The van der Waals surface area contributed by atoms with Crippen LogP contribution < -0.4 is 26.3 Å². The van der Waals surface area contributed by atoms with E-state index in [2.05, 4.69) is 92.0 Å². The highest BCUT2D eigenvalue weighted by Crippen LogP contribution is 2.55. The molecule has 4 fully saturated rings. The van der Waals surface area contributed by atoms with Crippen molar-refractivity contribution in [1.82, 2.24) is 25.0 Å². The fraction of sp³-hybridized carbons (Fsp3) is 0.559. The summed E-state index contributed by atoms with van der Waals surface area (Å²) >= 11 is 7.92. The highest BCUT2D eigenvalue weighted by atomic mass is 35.5. The van der Waals surface area contributed by atoms with E-state index >= 15 is 0 Å². The van der Waals surface area contributed by atoms with Crippen LogP contribution in [0.5, 0.6) is 11.5 Å². The fourth-order valence-corrected chi connectivity index (χ4v) is 12.4. The number of hydrogen-bond acceptors (Lipinski definition) is 13. The standard InChI is InChI=1S/C36H48ClN5O5.C12H13NS.C11H20N2O3/c1-35(2)33(36(3,4)34(35)47-27-14-11-25(22-38)28(37)21-27)40-32(44)24-9-12-26(13-10-24)45-20-19-41-15-17-42(18-16-41)29-7-5-6-8-30(29)46-23-31(39)43;1-3-10-4-6-11(7-5-10)12-9(2)13-8-14-12;1-11(2,3)5-9(15)13-6-7(14)4-8(13)10(12)16/h9-14,21,29-30,33-34H,5-8,15-20,23H2,1-4H3,(H2,39,43)(H,40,44);4-8H,3H2,1-2H3;7-8,14H,4-6H2,1-3H3,(H2,12,16)/t29-,30-,33?,34?;;7-,8+/m1.1/s1. The van der Waals surface area contributed by atoms with Gasteiger partial charge in [-0.05, 0) is 79.1 Å². The molecule has 2 saturated heterocycles. The molecule has 2 aliphatic heterocycles. The van der Waals surface area contributed by atoms with Crippen LogP contribution in [-0.4, -0.2) is 137 Å². The number of aryl methyl sites for hydroxylation is 2. The summed E-state index contributed by atoms with van der Waals surface area (Å²) in [4.78, 5) is 59.4. The number of carbonyl (C=O) groups is 4. The van der Waals surface area contributed by atoms with Gasteiger partial charge in [0.1, 0.15) is 42.9 Å². The van der Waals surface area contributed by atoms with Gasteiger partial charge < -0.3 is 41.0 Å². The molecule has 2 saturated carbocycles. The van der Waals surface area contributed by atoms with Crippen LogP contribution in [0.3, 0.4) is 0 Å². The summed E-state index contributed by atoms with van der Waals surface area (Å²) in [6.45, 7) is 23.9. The smallest absolute Gasteiger partial charge is 0.251 e. The minimum Gasteiger partial charge on any atom is -0.492 e. The number of nitriles is 1. The highest BCUT2D eigenvalue weighted by molar-refractivity contribution is 7.13. The normalized spacial score (nSPS) is 22.9. The van der Waals surface area contributed by atoms with E-state index in [1.165, 1.54) is 27.3 Å². The lowest BCUT2D eigenvalue weighted by Crippen LogP contribution is -2.74. The minimum absolute atomic E-state index is 0.00473. The number of thiazole rings is 1. The summed E-state index contributed by atoms with van der Waals surface area (Å²) in [7, 11) is 0. The van der Waals surface area contributed by atoms with Gasteiger partial charge in [0.15, 0.2) is 0 Å². The van der Waals surface area contributed by atoms with Gasteiger partial charge >= 0.3 is 0 Å². The van der Waals surface area contributed by atoms with Crippen LogP contribution in [0.15, 0.2) is 72.2 Å². The first kappa shape index (κ1) is 60.6. The topological polar surface area (TPSA) is 227 Å². The molecule has 418 valence electrons. The van der Waals surface area contributed by atoms with E-state index in [0.29, 0.717) is 41.0 Å². The van der Waals surface area contributed by atoms with Gasteiger partial charge in [0.25, 0.3) is 5.91 Å². The van der Waals surface area contributed by atoms with Crippen LogP contribution in [0, 0.1) is 34.5 Å². The van der Waals surface area contributed by atoms with Crippen molar-refractivity contribution in [3.05, 3.63) is 99.6 Å². The van der Waals surface area contributed by atoms with E-state index in [0.717, 1.165) is 69.9 Å². The Kier molecular flexibility index (Phi) is 21.1. The largest absolute Gasteiger partial charge is 0.492 e. The fourth-order valence-electron chi connectivity index (χ4n) is 11.4. The number of rotatable bonds is 16. The van der Waals surface area contributed by atoms with E-state index in [1.54, 1.807) is 41.7 Å². The number of aliphatic hydroxyl groups excluding tert-OH is 1. The van der Waals surface area contributed by atoms with Gasteiger partial charge in [0.05, 0.1) is 38.9 Å². The molecular formula is C59H81ClN8O8S. The van der Waals surface area contributed by atoms with E-state index in [4.69, 9.17) is 42.5 Å². The summed E-state index contributed by atoms with van der Waals surface area (Å²) in [5.74, 6) is 0.124. The molecule has 6 N–H and O–H groups in total. The molecule has 1 aromatic heterocycles. The predicted molar refractivity (Wildman–Crippen MR) is 302 cm³/mol. The number of nitrogens with zero attached hydrogens (tertiary/aromatic N) is 5. The maximum absolute atomic E-state index is 13.3. The maximum Gasteiger partial charge on any atom is 0.251 e. The summed E-state index contributed by atoms with van der Waals surface area (Å²) in [5.41, 5.74) is 16.4. The van der Waals surface area contributed by atoms with Crippen molar-refractivity contribution in [2.24, 2.45) is 27.7 Å². The third-order valence-electron chi connectivity index (χ3n) is 15.2. The molecule has 4 aliphatic rings. The Bertz CT molecular complexity index is 2640. The molecule has 0 radical (unpaired) electrons. The monoisotopic (exact) mass is 1100 g/mol. The number of amides is 4. The summed E-state index contributed by atoms with van der Waals surface area (Å²) < 4.78 is 18.2. The molecule has 0 unspecified atom stereocenters. The number of primary amides is 2. The third-order valence-corrected chi connectivity index (χ3v) is 16.5. The zero-order chi connectivity index (χ0) is 56.2. The van der Waals surface area contributed by atoms with Gasteiger partial charge in [-0.15, -0.1) is 11.3 Å². The number of carbonyl (C=O) groups excluding carboxylic acids is 4. The van der Waals surface area contributed by atoms with Gasteiger partial charge in [-0.3, -0.25) is 29.0 Å². The summed E-state index contributed by atoms with van der Waals surface area (Å²) in [6.07, 6.45) is 5.38. The van der Waals surface area contributed by atoms with E-state index in [9.17, 15) is 24.3 Å². The lowest BCUT2D eigenvalue weighted by molar-refractivity contribution is -0.164. The molecule has 8 rings (SSSR count). The van der Waals surface area contributed by atoms with Crippen LogP contribution in [0.2, 0.25) is 5.02 Å². The van der Waals surface area contributed by atoms with Crippen molar-refractivity contribution in [3.8, 4) is 28.0 Å². The molecule has 4 aromatic rings. The molecule has 2 aliphatic carbocycles. The SMILES string of the molecule is CC(C)(C)CC(=O)N1C[C@H](O)C[C@H]1C(N)=O.CC1(C)C(NC(=O)c2ccc(OCCN3CCN([C@@H]4CCCC[C@H]4OCC(N)=O)CC3)cc2)C(C)(C)C1Oc1ccc(C#N)c(Cl)c1.CCc1ccc(-c2scnc2C)cc1. The Balaban J connectivity index is 0.000000258. The molecule has 3 aromatic carbocycles. The second kappa shape index (κ2) is 26.8. The number of piperazine rings is 1. The van der Waals surface area contributed by atoms with Crippen molar-refractivity contribution in [1.29, 1.82) is 5.26 Å². The molecule has 18 heteroatoms. The van der Waals surface area contributed by atoms with Crippen molar-refractivity contribution in [2.75, 3.05) is 52.5 Å². The van der Waals surface area contributed by atoms with Crippen molar-refractivity contribution in [2.45, 2.75) is 144 Å². The Morgan fingerprint density at radius 3 is 2.16 bits per heavy atom. The lowest BCUT2D eigenvalue weighted by Gasteiger charge is -2.63. The summed E-state index contributed by atoms with van der Waals surface area (Å²) in [5, 5.41) is 22.2. The molecule has 0 bridgehead atoms. The Morgan fingerprint density at radius 1 is 0.935 bits per heavy atom. The van der Waals surface area contributed by atoms with Crippen molar-refractivity contribution in [3.63, 3.8) is 0 Å². The number of halogens is 1. The quantitative estimate of drug-likeness (QED) is 0.0833. The van der Waals surface area contributed by atoms with Crippen molar-refractivity contribution >= 4 is 46.6 Å². The number of hydrogen-bond donors (Lipinski definition) is 4.